The molecule has 2 unspecified atom stereocenters. The second-order valence-electron chi connectivity index (χ2n) is 11.5. The number of benzene rings is 2. The molecule has 0 spiro atoms. The summed E-state index contributed by atoms with van der Waals surface area (Å²) in [6.07, 6.45) is 10.5. The lowest BCUT2D eigenvalue weighted by Crippen LogP contribution is -2.53. The molecular formula is C30H33N5O3. The van der Waals surface area contributed by atoms with Gasteiger partial charge >= 0.3 is 0 Å². The maximum absolute atomic E-state index is 13.4. The van der Waals surface area contributed by atoms with Crippen molar-refractivity contribution in [2.45, 2.75) is 70.0 Å². The number of aromatic nitrogens is 2. The van der Waals surface area contributed by atoms with Gasteiger partial charge in [0.25, 0.3) is 5.91 Å². The first-order valence-corrected chi connectivity index (χ1v) is 14.0. The van der Waals surface area contributed by atoms with Crippen molar-refractivity contribution in [2.24, 2.45) is 5.92 Å². The van der Waals surface area contributed by atoms with Crippen LogP contribution in [0.3, 0.4) is 0 Å². The van der Waals surface area contributed by atoms with Crippen LogP contribution in [0, 0.1) is 5.92 Å². The Kier molecular flexibility index (Phi) is 5.62. The van der Waals surface area contributed by atoms with Crippen molar-refractivity contribution in [1.82, 2.24) is 20.0 Å². The van der Waals surface area contributed by atoms with Crippen molar-refractivity contribution in [1.29, 1.82) is 0 Å². The number of carbonyl (C=O) groups is 3. The Bertz CT molecular complexity index is 1450. The van der Waals surface area contributed by atoms with Crippen molar-refractivity contribution in [3.05, 3.63) is 59.4 Å². The number of nitrogens with one attached hydrogen (secondary N) is 1. The molecule has 1 aromatic heterocycles. The van der Waals surface area contributed by atoms with Crippen molar-refractivity contribution in [3.63, 3.8) is 0 Å². The number of anilines is 1. The summed E-state index contributed by atoms with van der Waals surface area (Å²) in [7, 11) is 0. The Labute approximate surface area is 222 Å². The van der Waals surface area contributed by atoms with Crippen molar-refractivity contribution in [2.75, 3.05) is 18.0 Å². The summed E-state index contributed by atoms with van der Waals surface area (Å²) in [4.78, 5) is 41.9. The van der Waals surface area contributed by atoms with E-state index in [-0.39, 0.29) is 18.2 Å². The average molecular weight is 512 g/mol. The smallest absolute Gasteiger partial charge is 0.259 e. The number of piperidine rings is 2. The van der Waals surface area contributed by atoms with E-state index in [1.54, 1.807) is 4.90 Å². The summed E-state index contributed by atoms with van der Waals surface area (Å²) in [5.41, 5.74) is 3.66. The highest BCUT2D eigenvalue weighted by Gasteiger charge is 2.41. The fraction of sp³-hybridized carbons (Fsp3) is 0.467. The lowest BCUT2D eigenvalue weighted by atomic mass is 9.97. The number of hydrogen-bond donors (Lipinski definition) is 1. The molecule has 8 heteroatoms. The van der Waals surface area contributed by atoms with E-state index in [2.05, 4.69) is 40.2 Å². The quantitative estimate of drug-likeness (QED) is 0.509. The normalized spacial score (nSPS) is 23.3. The Morgan fingerprint density at radius 1 is 1.03 bits per heavy atom. The van der Waals surface area contributed by atoms with Crippen molar-refractivity contribution < 1.29 is 14.4 Å². The van der Waals surface area contributed by atoms with E-state index in [1.807, 2.05) is 24.4 Å². The molecule has 7 rings (SSSR count). The summed E-state index contributed by atoms with van der Waals surface area (Å²) in [5.74, 6) is 0.0501. The van der Waals surface area contributed by atoms with Crippen LogP contribution in [0.2, 0.25) is 0 Å². The van der Waals surface area contributed by atoms with Gasteiger partial charge in [0.1, 0.15) is 6.04 Å². The van der Waals surface area contributed by atoms with E-state index >= 15 is 0 Å². The molecule has 2 atom stereocenters. The second-order valence-corrected chi connectivity index (χ2v) is 11.5. The summed E-state index contributed by atoms with van der Waals surface area (Å²) in [5, 5.41) is 9.05. The SMILES string of the molecule is CC(C1CC1)N1CCC(n2cc(Cc3ccc4c5c(cccc35)C(=O)N4C3CCC(=O)NC3=O)cn2)CC1. The van der Waals surface area contributed by atoms with Gasteiger partial charge in [-0.05, 0) is 73.6 Å². The Balaban J connectivity index is 1.11. The predicted molar refractivity (Wildman–Crippen MR) is 144 cm³/mol. The van der Waals surface area contributed by atoms with Gasteiger partial charge in [-0.25, -0.2) is 0 Å². The molecule has 196 valence electrons. The van der Waals surface area contributed by atoms with Gasteiger partial charge in [-0.15, -0.1) is 0 Å². The number of carbonyl (C=O) groups excluding carboxylic acids is 3. The molecule has 0 bridgehead atoms. The minimum absolute atomic E-state index is 0.174. The number of amides is 3. The van der Waals surface area contributed by atoms with Crippen LogP contribution in [0.5, 0.6) is 0 Å². The maximum Gasteiger partial charge on any atom is 0.259 e. The van der Waals surface area contributed by atoms with E-state index < -0.39 is 11.9 Å². The van der Waals surface area contributed by atoms with Gasteiger partial charge in [0, 0.05) is 49.1 Å². The van der Waals surface area contributed by atoms with Gasteiger partial charge in [-0.3, -0.25) is 29.3 Å². The van der Waals surface area contributed by atoms with Gasteiger partial charge in [0.15, 0.2) is 0 Å². The third-order valence-corrected chi connectivity index (χ3v) is 9.14. The minimum Gasteiger partial charge on any atom is -0.300 e. The molecule has 3 aliphatic heterocycles. The van der Waals surface area contributed by atoms with Crippen molar-refractivity contribution >= 4 is 34.2 Å². The van der Waals surface area contributed by atoms with Crippen LogP contribution in [0.25, 0.3) is 10.8 Å². The molecule has 8 nitrogen and oxygen atoms in total. The molecule has 2 aromatic carbocycles. The van der Waals surface area contributed by atoms with Gasteiger partial charge in [0.05, 0.1) is 17.9 Å². The third-order valence-electron chi connectivity index (χ3n) is 9.14. The minimum atomic E-state index is -0.668. The zero-order valence-corrected chi connectivity index (χ0v) is 21.7. The summed E-state index contributed by atoms with van der Waals surface area (Å²) < 4.78 is 2.16. The lowest BCUT2D eigenvalue weighted by molar-refractivity contribution is -0.134. The average Bonchev–Trinajstić information content (AvgIpc) is 3.61. The van der Waals surface area contributed by atoms with E-state index in [1.165, 1.54) is 12.8 Å². The summed E-state index contributed by atoms with van der Waals surface area (Å²) >= 11 is 0. The molecule has 3 aromatic rings. The molecule has 3 fully saturated rings. The van der Waals surface area contributed by atoms with Crippen LogP contribution in [0.4, 0.5) is 5.69 Å². The number of likely N-dealkylation sites (tertiary alicyclic amines) is 1. The first-order valence-electron chi connectivity index (χ1n) is 14.0. The molecular weight excluding hydrogens is 478 g/mol. The van der Waals surface area contributed by atoms with Crippen LogP contribution in [-0.2, 0) is 16.0 Å². The first-order chi connectivity index (χ1) is 18.5. The molecule has 2 saturated heterocycles. The molecule has 1 aliphatic carbocycles. The molecule has 1 N–H and O–H groups in total. The molecule has 4 aliphatic rings. The number of imide groups is 1. The monoisotopic (exact) mass is 511 g/mol. The van der Waals surface area contributed by atoms with Gasteiger partial charge in [-0.1, -0.05) is 18.2 Å². The Morgan fingerprint density at radius 2 is 1.84 bits per heavy atom. The van der Waals surface area contributed by atoms with Crippen LogP contribution >= 0.6 is 0 Å². The number of rotatable bonds is 6. The van der Waals surface area contributed by atoms with Crippen LogP contribution in [0.1, 0.15) is 73.0 Å². The van der Waals surface area contributed by atoms with Crippen LogP contribution in [0.15, 0.2) is 42.7 Å². The second kappa shape index (κ2) is 9.05. The molecule has 1 saturated carbocycles. The van der Waals surface area contributed by atoms with E-state index in [4.69, 9.17) is 5.10 Å². The van der Waals surface area contributed by atoms with Crippen LogP contribution < -0.4 is 10.2 Å². The standard InChI is InChI=1S/C30H33N5O3/c1-18(20-5-6-20)33-13-11-22(12-14-33)34-17-19(16-31-34)15-21-7-8-25-28-23(21)3-2-4-24(28)30(38)35(25)26-9-10-27(36)32-29(26)37/h2-4,7-8,16-18,20,22,26H,5-6,9-15H2,1H3,(H,32,36,37). The number of hydrogen-bond acceptors (Lipinski definition) is 5. The fourth-order valence-corrected chi connectivity index (χ4v) is 6.78. The Morgan fingerprint density at radius 3 is 2.61 bits per heavy atom. The molecule has 3 amide bonds. The van der Waals surface area contributed by atoms with E-state index in [9.17, 15) is 14.4 Å². The van der Waals surface area contributed by atoms with Gasteiger partial charge in [-0.2, -0.15) is 5.10 Å². The zero-order chi connectivity index (χ0) is 26.0. The molecule has 0 radical (unpaired) electrons. The first kappa shape index (κ1) is 23.6. The molecule has 38 heavy (non-hydrogen) atoms. The highest BCUT2D eigenvalue weighted by molar-refractivity contribution is 6.27. The highest BCUT2D eigenvalue weighted by atomic mass is 16.2. The van der Waals surface area contributed by atoms with E-state index in [0.717, 1.165) is 65.9 Å². The summed E-state index contributed by atoms with van der Waals surface area (Å²) in [6, 6.07) is 10.3. The maximum atomic E-state index is 13.4. The number of nitrogens with zero attached hydrogens (tertiary/aromatic N) is 4. The highest BCUT2D eigenvalue weighted by Crippen LogP contribution is 2.41. The van der Waals surface area contributed by atoms with Crippen LogP contribution in [-0.4, -0.2) is 57.6 Å². The third kappa shape index (κ3) is 3.93. The lowest BCUT2D eigenvalue weighted by Gasteiger charge is -2.36. The van der Waals surface area contributed by atoms with Gasteiger partial charge < -0.3 is 4.90 Å². The fourth-order valence-electron chi connectivity index (χ4n) is 6.78. The zero-order valence-electron chi connectivity index (χ0n) is 21.7. The van der Waals surface area contributed by atoms with E-state index in [0.29, 0.717) is 24.1 Å². The largest absolute Gasteiger partial charge is 0.300 e. The topological polar surface area (TPSA) is 87.5 Å². The predicted octanol–water partition coefficient (Wildman–Crippen LogP) is 3.83. The van der Waals surface area contributed by atoms with Gasteiger partial charge in [0.2, 0.25) is 11.8 Å². The van der Waals surface area contributed by atoms with Crippen molar-refractivity contribution in [3.8, 4) is 0 Å². The summed E-state index contributed by atoms with van der Waals surface area (Å²) in [6.45, 7) is 4.67. The Hall–Kier alpha value is -3.52. The molecule has 4 heterocycles.